The standard InChI is InChI=1S/C19H19N5O3/c25-18(11-24-13-22-16-6-2-1-5-15(16)19(24)26)23-9-3-4-14(10-23)27-17-7-8-20-12-21-17/h1-2,5-8,12-14H,3-4,9-11H2/t14-/m1/s1. The maximum atomic E-state index is 12.7. The molecule has 1 aliphatic heterocycles. The number of likely N-dealkylation sites (tertiary alicyclic amines) is 1. The molecule has 0 unspecified atom stereocenters. The van der Waals surface area contributed by atoms with E-state index in [2.05, 4.69) is 15.0 Å². The van der Waals surface area contributed by atoms with Crippen LogP contribution in [-0.2, 0) is 11.3 Å². The summed E-state index contributed by atoms with van der Waals surface area (Å²) in [5.41, 5.74) is 0.419. The van der Waals surface area contributed by atoms with Gasteiger partial charge < -0.3 is 9.64 Å². The van der Waals surface area contributed by atoms with Gasteiger partial charge in [-0.15, -0.1) is 0 Å². The number of para-hydroxylation sites is 1. The van der Waals surface area contributed by atoms with E-state index in [4.69, 9.17) is 4.74 Å². The van der Waals surface area contributed by atoms with Crippen LogP contribution in [0.5, 0.6) is 5.88 Å². The van der Waals surface area contributed by atoms with Crippen molar-refractivity contribution in [1.29, 1.82) is 0 Å². The molecule has 1 aromatic carbocycles. The van der Waals surface area contributed by atoms with Crippen LogP contribution in [0, 0.1) is 0 Å². The summed E-state index contributed by atoms with van der Waals surface area (Å²) in [5.74, 6) is 0.379. The topological polar surface area (TPSA) is 90.2 Å². The lowest BCUT2D eigenvalue weighted by Crippen LogP contribution is -2.46. The Morgan fingerprint density at radius 3 is 2.96 bits per heavy atom. The van der Waals surface area contributed by atoms with Gasteiger partial charge in [-0.25, -0.2) is 15.0 Å². The Kier molecular flexibility index (Phi) is 4.78. The van der Waals surface area contributed by atoms with Crippen molar-refractivity contribution < 1.29 is 9.53 Å². The minimum Gasteiger partial charge on any atom is -0.472 e. The number of aromatic nitrogens is 4. The first-order valence-corrected chi connectivity index (χ1v) is 8.85. The largest absolute Gasteiger partial charge is 0.472 e. The average molecular weight is 365 g/mol. The number of amides is 1. The lowest BCUT2D eigenvalue weighted by molar-refractivity contribution is -0.134. The van der Waals surface area contributed by atoms with E-state index in [0.717, 1.165) is 12.8 Å². The minimum absolute atomic E-state index is 0.0309. The third-order valence-electron chi connectivity index (χ3n) is 4.61. The molecule has 1 fully saturated rings. The molecule has 0 saturated carbocycles. The summed E-state index contributed by atoms with van der Waals surface area (Å²) in [4.78, 5) is 39.2. The van der Waals surface area contributed by atoms with E-state index >= 15 is 0 Å². The molecule has 138 valence electrons. The van der Waals surface area contributed by atoms with Crippen molar-refractivity contribution in [3.05, 3.63) is 59.5 Å². The SMILES string of the molecule is O=C(Cn1cnc2ccccc2c1=O)N1CCC[C@@H](Oc2ccncn2)C1. The quantitative estimate of drug-likeness (QED) is 0.691. The van der Waals surface area contributed by atoms with Gasteiger partial charge in [0.2, 0.25) is 11.8 Å². The van der Waals surface area contributed by atoms with Crippen LogP contribution in [0.15, 0.2) is 54.0 Å². The van der Waals surface area contributed by atoms with Crippen LogP contribution >= 0.6 is 0 Å². The van der Waals surface area contributed by atoms with Crippen molar-refractivity contribution in [2.45, 2.75) is 25.5 Å². The monoisotopic (exact) mass is 365 g/mol. The molecule has 3 aromatic rings. The first-order chi connectivity index (χ1) is 13.2. The highest BCUT2D eigenvalue weighted by Crippen LogP contribution is 2.16. The average Bonchev–Trinajstić information content (AvgIpc) is 2.71. The Morgan fingerprint density at radius 2 is 2.11 bits per heavy atom. The summed E-state index contributed by atoms with van der Waals surface area (Å²) in [6.07, 6.45) is 6.05. The summed E-state index contributed by atoms with van der Waals surface area (Å²) >= 11 is 0. The van der Waals surface area contributed by atoms with Crippen molar-refractivity contribution in [3.8, 4) is 5.88 Å². The second kappa shape index (κ2) is 7.53. The fraction of sp³-hybridized carbons (Fsp3) is 0.316. The van der Waals surface area contributed by atoms with Crippen LogP contribution in [0.4, 0.5) is 0 Å². The molecule has 27 heavy (non-hydrogen) atoms. The van der Waals surface area contributed by atoms with E-state index in [9.17, 15) is 9.59 Å². The number of hydrogen-bond donors (Lipinski definition) is 0. The number of fused-ring (bicyclic) bond motifs is 1. The van der Waals surface area contributed by atoms with Gasteiger partial charge in [0.05, 0.1) is 23.8 Å². The molecule has 2 aromatic heterocycles. The second-order valence-corrected chi connectivity index (χ2v) is 6.46. The summed E-state index contributed by atoms with van der Waals surface area (Å²) in [5, 5.41) is 0.511. The van der Waals surface area contributed by atoms with Crippen LogP contribution < -0.4 is 10.3 Å². The fourth-order valence-corrected chi connectivity index (χ4v) is 3.24. The molecule has 1 amide bonds. The molecule has 4 rings (SSSR count). The van der Waals surface area contributed by atoms with Gasteiger partial charge in [-0.3, -0.25) is 14.2 Å². The van der Waals surface area contributed by atoms with Gasteiger partial charge >= 0.3 is 0 Å². The van der Waals surface area contributed by atoms with Gasteiger partial charge in [0.15, 0.2) is 0 Å². The van der Waals surface area contributed by atoms with Crippen LogP contribution in [0.1, 0.15) is 12.8 Å². The predicted molar refractivity (Wildman–Crippen MR) is 98.3 cm³/mol. The Hall–Kier alpha value is -3.29. The first kappa shape index (κ1) is 17.1. The predicted octanol–water partition coefficient (Wildman–Crippen LogP) is 1.26. The number of rotatable bonds is 4. The summed E-state index contributed by atoms with van der Waals surface area (Å²) in [6.45, 7) is 1.09. The molecule has 0 bridgehead atoms. The number of nitrogens with zero attached hydrogens (tertiary/aromatic N) is 5. The van der Waals surface area contributed by atoms with Gasteiger partial charge in [0, 0.05) is 18.8 Å². The number of carbonyl (C=O) groups is 1. The maximum absolute atomic E-state index is 12.7. The summed E-state index contributed by atoms with van der Waals surface area (Å²) < 4.78 is 7.20. The van der Waals surface area contributed by atoms with Gasteiger partial charge in [-0.2, -0.15) is 0 Å². The first-order valence-electron chi connectivity index (χ1n) is 8.85. The highest BCUT2D eigenvalue weighted by atomic mass is 16.5. The molecule has 8 nitrogen and oxygen atoms in total. The molecule has 1 saturated heterocycles. The Balaban J connectivity index is 1.45. The molecule has 1 atom stereocenters. The lowest BCUT2D eigenvalue weighted by Gasteiger charge is -2.32. The third-order valence-corrected chi connectivity index (χ3v) is 4.61. The van der Waals surface area contributed by atoms with Gasteiger partial charge in [-0.05, 0) is 25.0 Å². The van der Waals surface area contributed by atoms with Crippen LogP contribution in [-0.4, -0.2) is 49.5 Å². The van der Waals surface area contributed by atoms with Gasteiger partial charge in [0.1, 0.15) is 19.0 Å². The van der Waals surface area contributed by atoms with Crippen molar-refractivity contribution in [3.63, 3.8) is 0 Å². The molecular weight excluding hydrogens is 346 g/mol. The number of benzene rings is 1. The normalized spacial score (nSPS) is 17.0. The lowest BCUT2D eigenvalue weighted by atomic mass is 10.1. The molecule has 0 radical (unpaired) electrons. The zero-order chi connectivity index (χ0) is 18.6. The zero-order valence-corrected chi connectivity index (χ0v) is 14.7. The van der Waals surface area contributed by atoms with E-state index in [1.54, 1.807) is 35.4 Å². The molecular formula is C19H19N5O3. The second-order valence-electron chi connectivity index (χ2n) is 6.46. The molecule has 1 aliphatic rings. The molecule has 0 N–H and O–H groups in total. The van der Waals surface area contributed by atoms with E-state index in [-0.39, 0.29) is 24.1 Å². The Bertz CT molecular complexity index is 1000. The smallest absolute Gasteiger partial charge is 0.261 e. The van der Waals surface area contributed by atoms with Crippen molar-refractivity contribution in [1.82, 2.24) is 24.4 Å². The van der Waals surface area contributed by atoms with Crippen molar-refractivity contribution in [2.24, 2.45) is 0 Å². The van der Waals surface area contributed by atoms with Crippen molar-refractivity contribution in [2.75, 3.05) is 13.1 Å². The zero-order valence-electron chi connectivity index (χ0n) is 14.7. The molecule has 8 heteroatoms. The number of hydrogen-bond acceptors (Lipinski definition) is 6. The highest BCUT2D eigenvalue weighted by molar-refractivity contribution is 5.79. The minimum atomic E-state index is -0.209. The van der Waals surface area contributed by atoms with E-state index in [1.165, 1.54) is 17.2 Å². The number of piperidine rings is 1. The van der Waals surface area contributed by atoms with E-state index in [0.29, 0.717) is 29.9 Å². The highest BCUT2D eigenvalue weighted by Gasteiger charge is 2.25. The van der Waals surface area contributed by atoms with Gasteiger partial charge in [0.25, 0.3) is 5.56 Å². The van der Waals surface area contributed by atoms with Gasteiger partial charge in [-0.1, -0.05) is 12.1 Å². The number of carbonyl (C=O) groups excluding carboxylic acids is 1. The maximum Gasteiger partial charge on any atom is 0.261 e. The number of ether oxygens (including phenoxy) is 1. The molecule has 3 heterocycles. The summed E-state index contributed by atoms with van der Waals surface area (Å²) in [7, 11) is 0. The molecule has 0 spiro atoms. The Labute approximate surface area is 155 Å². The van der Waals surface area contributed by atoms with E-state index in [1.807, 2.05) is 6.07 Å². The van der Waals surface area contributed by atoms with Crippen molar-refractivity contribution >= 4 is 16.8 Å². The van der Waals surface area contributed by atoms with E-state index < -0.39 is 0 Å². The Morgan fingerprint density at radius 1 is 1.22 bits per heavy atom. The third kappa shape index (κ3) is 3.79. The fourth-order valence-electron chi connectivity index (χ4n) is 3.24. The van der Waals surface area contributed by atoms with Crippen LogP contribution in [0.2, 0.25) is 0 Å². The summed E-state index contributed by atoms with van der Waals surface area (Å²) in [6, 6.07) is 8.81. The molecule has 0 aliphatic carbocycles. The van der Waals surface area contributed by atoms with Crippen LogP contribution in [0.3, 0.4) is 0 Å². The van der Waals surface area contributed by atoms with Crippen LogP contribution in [0.25, 0.3) is 10.9 Å².